The number of allylic oxidation sites excluding steroid dienone is 1. The van der Waals surface area contributed by atoms with Crippen LogP contribution in [0.2, 0.25) is 4.47 Å². The lowest BCUT2D eigenvalue weighted by molar-refractivity contribution is -0.485. The number of halogens is 1. The molecule has 2 amide bonds. The van der Waals surface area contributed by atoms with E-state index in [1.807, 2.05) is 0 Å². The van der Waals surface area contributed by atoms with Gasteiger partial charge in [-0.2, -0.15) is 0 Å². The lowest BCUT2D eigenvalue weighted by Crippen LogP contribution is -2.45. The van der Waals surface area contributed by atoms with Crippen molar-refractivity contribution in [2.24, 2.45) is 21.7 Å². The van der Waals surface area contributed by atoms with Crippen molar-refractivity contribution in [2.45, 2.75) is 39.0 Å². The van der Waals surface area contributed by atoms with E-state index in [2.05, 4.69) is 15.4 Å². The molecule has 5 N–H and O–H groups in total. The Hall–Kier alpha value is -3.26. The molecular formula is C19H25ClN6O7S. The predicted molar refractivity (Wildman–Crippen MR) is 123 cm³/mol. The third-order valence-corrected chi connectivity index (χ3v) is 6.60. The van der Waals surface area contributed by atoms with Crippen molar-refractivity contribution in [1.29, 1.82) is 0 Å². The van der Waals surface area contributed by atoms with Crippen LogP contribution in [0.3, 0.4) is 0 Å². The third kappa shape index (κ3) is 7.12. The summed E-state index contributed by atoms with van der Waals surface area (Å²) in [7, 11) is 0. The zero-order chi connectivity index (χ0) is 25.5. The number of carbonyl (C=O) groups excluding carboxylic acids is 1. The van der Waals surface area contributed by atoms with Gasteiger partial charge in [0, 0.05) is 30.6 Å². The van der Waals surface area contributed by atoms with Crippen LogP contribution in [0.15, 0.2) is 23.5 Å². The van der Waals surface area contributed by atoms with Crippen LogP contribution >= 0.6 is 22.9 Å². The van der Waals surface area contributed by atoms with Crippen LogP contribution in [0.4, 0.5) is 4.79 Å². The number of amides is 2. The summed E-state index contributed by atoms with van der Waals surface area (Å²) in [5, 5.41) is 32.7. The van der Waals surface area contributed by atoms with Crippen molar-refractivity contribution in [3.63, 3.8) is 0 Å². The molecule has 1 fully saturated rings. The van der Waals surface area contributed by atoms with Gasteiger partial charge in [-0.25, -0.2) is 19.9 Å². The fourth-order valence-corrected chi connectivity index (χ4v) is 4.88. The van der Waals surface area contributed by atoms with Gasteiger partial charge in [-0.15, -0.1) is 11.3 Å². The summed E-state index contributed by atoms with van der Waals surface area (Å²) >= 11 is 6.97. The molecule has 0 radical (unpaired) electrons. The summed E-state index contributed by atoms with van der Waals surface area (Å²) < 4.78 is 0.348. The highest BCUT2D eigenvalue weighted by molar-refractivity contribution is 7.15. The first kappa shape index (κ1) is 27.0. The minimum Gasteiger partial charge on any atom is -0.481 e. The van der Waals surface area contributed by atoms with E-state index < -0.39 is 39.8 Å². The number of nitro groups is 1. The number of rotatable bonds is 5. The zero-order valence-electron chi connectivity index (χ0n) is 18.3. The Kier molecular flexibility index (Phi) is 8.93. The smallest absolute Gasteiger partial charge is 0.324 e. The fraction of sp³-hybridized carbons (Fsp3) is 0.526. The van der Waals surface area contributed by atoms with Gasteiger partial charge < -0.3 is 20.8 Å². The van der Waals surface area contributed by atoms with Gasteiger partial charge in [0.2, 0.25) is 0 Å². The highest BCUT2D eigenvalue weighted by Crippen LogP contribution is 2.45. The number of carboxylic acids is 2. The van der Waals surface area contributed by atoms with Crippen molar-refractivity contribution in [3.8, 4) is 0 Å². The maximum atomic E-state index is 11.7. The Labute approximate surface area is 203 Å². The van der Waals surface area contributed by atoms with E-state index in [0.717, 1.165) is 17.7 Å². The monoisotopic (exact) mass is 516 g/mol. The number of hydrogen-bond acceptors (Lipinski definition) is 7. The lowest BCUT2D eigenvalue weighted by Gasteiger charge is -2.37. The number of hydrazone groups is 1. The molecule has 34 heavy (non-hydrogen) atoms. The van der Waals surface area contributed by atoms with Gasteiger partial charge in [-0.1, -0.05) is 23.8 Å². The van der Waals surface area contributed by atoms with Crippen LogP contribution in [0.25, 0.3) is 0 Å². The van der Waals surface area contributed by atoms with Crippen LogP contribution in [-0.2, 0) is 16.0 Å². The Morgan fingerprint density at radius 2 is 2.00 bits per heavy atom. The van der Waals surface area contributed by atoms with Crippen molar-refractivity contribution in [2.75, 3.05) is 13.1 Å². The van der Waals surface area contributed by atoms with Crippen LogP contribution in [0.1, 0.15) is 37.5 Å². The highest BCUT2D eigenvalue weighted by Gasteiger charge is 2.48. The van der Waals surface area contributed by atoms with Gasteiger partial charge in [-0.3, -0.25) is 14.9 Å². The molecule has 1 aliphatic heterocycles. The largest absolute Gasteiger partial charge is 0.481 e. The molecule has 13 nitrogen and oxygen atoms in total. The molecular weight excluding hydrogens is 492 g/mol. The number of carboxylic acid groups (broad SMARTS) is 2. The normalized spacial score (nSPS) is 24.2. The maximum Gasteiger partial charge on any atom is 0.324 e. The first-order chi connectivity index (χ1) is 15.9. The Bertz CT molecular complexity index is 1010. The molecule has 15 heteroatoms. The second kappa shape index (κ2) is 11.2. The SMILES string of the molecule is CC1(C(=O)O)CC=CC(Cc2cnc(Cl)s2)(C(=O)O)C1.NC(=N[N+](=O)[O-])NC(=O)N1CCCC1. The Balaban J connectivity index is 0.000000257. The second-order valence-electron chi connectivity index (χ2n) is 8.21. The summed E-state index contributed by atoms with van der Waals surface area (Å²) in [4.78, 5) is 50.4. The molecule has 1 aromatic rings. The molecule has 1 aromatic heterocycles. The first-order valence-corrected chi connectivity index (χ1v) is 11.4. The number of aromatic nitrogens is 1. The molecule has 0 spiro atoms. The topological polar surface area (TPSA) is 201 Å². The summed E-state index contributed by atoms with van der Waals surface area (Å²) in [5.74, 6) is -2.49. The average Bonchev–Trinajstić information content (AvgIpc) is 3.39. The summed E-state index contributed by atoms with van der Waals surface area (Å²) in [6.07, 6.45) is 7.27. The fourth-order valence-electron chi connectivity index (χ4n) is 3.78. The number of likely N-dealkylation sites (tertiary alicyclic amines) is 1. The molecule has 2 unspecified atom stereocenters. The van der Waals surface area contributed by atoms with Crippen molar-refractivity contribution in [1.82, 2.24) is 15.2 Å². The van der Waals surface area contributed by atoms with Gasteiger partial charge in [0.15, 0.2) is 9.50 Å². The minimum atomic E-state index is -1.22. The number of urea groups is 1. The first-order valence-electron chi connectivity index (χ1n) is 10.2. The van der Waals surface area contributed by atoms with Gasteiger partial charge in [-0.05, 0) is 32.6 Å². The number of guanidine groups is 1. The third-order valence-electron chi connectivity index (χ3n) is 5.49. The Morgan fingerprint density at radius 3 is 2.50 bits per heavy atom. The van der Waals surface area contributed by atoms with Gasteiger partial charge in [0.1, 0.15) is 5.10 Å². The standard InChI is InChI=1S/C13H14ClNO4S.C6H11N5O3/c1-12(9(16)17)3-2-4-13(7-12,10(18)19)5-8-6-15-11(14)20-8;7-5(9-11(13)14)8-6(12)10-3-1-2-4-10/h2,4,6H,3,5,7H2,1H3,(H,16,17)(H,18,19);1-4H2,(H3,7,8,9,12). The van der Waals surface area contributed by atoms with Gasteiger partial charge in [0.25, 0.3) is 5.96 Å². The van der Waals surface area contributed by atoms with E-state index in [1.165, 1.54) is 22.4 Å². The number of nitrogens with zero attached hydrogens (tertiary/aromatic N) is 4. The highest BCUT2D eigenvalue weighted by atomic mass is 35.5. The quantitative estimate of drug-likeness (QED) is 0.148. The summed E-state index contributed by atoms with van der Waals surface area (Å²) in [5.41, 5.74) is 2.80. The van der Waals surface area contributed by atoms with Crippen molar-refractivity contribution in [3.05, 3.63) is 37.8 Å². The average molecular weight is 517 g/mol. The number of carbonyl (C=O) groups is 3. The van der Waals surface area contributed by atoms with Gasteiger partial charge >= 0.3 is 18.0 Å². The van der Waals surface area contributed by atoms with Crippen LogP contribution in [-0.4, -0.2) is 62.1 Å². The molecule has 2 aliphatic rings. The number of thiazole rings is 1. The van der Waals surface area contributed by atoms with E-state index >= 15 is 0 Å². The van der Waals surface area contributed by atoms with E-state index in [4.69, 9.17) is 17.3 Å². The summed E-state index contributed by atoms with van der Waals surface area (Å²) in [6, 6.07) is -0.439. The molecule has 3 rings (SSSR count). The van der Waals surface area contributed by atoms with Crippen molar-refractivity contribution < 1.29 is 29.6 Å². The Morgan fingerprint density at radius 1 is 1.35 bits per heavy atom. The lowest BCUT2D eigenvalue weighted by atomic mass is 9.65. The zero-order valence-corrected chi connectivity index (χ0v) is 19.8. The van der Waals surface area contributed by atoms with Crippen LogP contribution in [0.5, 0.6) is 0 Å². The van der Waals surface area contributed by atoms with E-state index in [0.29, 0.717) is 24.0 Å². The number of nitrogens with two attached hydrogens (primary N) is 1. The van der Waals surface area contributed by atoms with E-state index in [-0.39, 0.29) is 12.8 Å². The van der Waals surface area contributed by atoms with E-state index in [1.54, 1.807) is 19.1 Å². The molecule has 2 heterocycles. The summed E-state index contributed by atoms with van der Waals surface area (Å²) in [6.45, 7) is 2.88. The van der Waals surface area contributed by atoms with Crippen LogP contribution < -0.4 is 11.1 Å². The number of hydrogen-bond donors (Lipinski definition) is 4. The molecule has 0 aromatic carbocycles. The molecule has 1 aliphatic carbocycles. The molecule has 186 valence electrons. The molecule has 2 atom stereocenters. The predicted octanol–water partition coefficient (Wildman–Crippen LogP) is 2.15. The van der Waals surface area contributed by atoms with Crippen molar-refractivity contribution >= 4 is 46.9 Å². The number of nitrogens with one attached hydrogen (secondary N) is 1. The maximum absolute atomic E-state index is 11.7. The molecule has 1 saturated heterocycles. The minimum absolute atomic E-state index is 0.0523. The number of aliphatic carboxylic acids is 2. The van der Waals surface area contributed by atoms with Crippen LogP contribution in [0, 0.1) is 20.9 Å². The van der Waals surface area contributed by atoms with E-state index in [9.17, 15) is 34.7 Å². The molecule has 0 saturated carbocycles. The van der Waals surface area contributed by atoms with Gasteiger partial charge in [0.05, 0.1) is 10.8 Å². The second-order valence-corrected chi connectivity index (χ2v) is 9.91. The molecule has 0 bridgehead atoms.